The maximum Gasteiger partial charge on any atom is 0.244 e. The molecule has 3 aromatic rings. The first-order valence-electron chi connectivity index (χ1n) is 7.67. The predicted octanol–water partition coefficient (Wildman–Crippen LogP) is 3.47. The van der Waals surface area contributed by atoms with Gasteiger partial charge in [-0.25, -0.2) is 0 Å². The molecule has 0 unspecified atom stereocenters. The normalized spacial score (nSPS) is 10.7. The van der Waals surface area contributed by atoms with Crippen molar-refractivity contribution in [2.24, 2.45) is 0 Å². The van der Waals surface area contributed by atoms with Crippen LogP contribution in [0.15, 0.2) is 79.3 Å². The van der Waals surface area contributed by atoms with E-state index in [1.165, 1.54) is 0 Å². The minimum Gasteiger partial charge on any atom is -0.348 e. The number of hydrogen-bond acceptors (Lipinski definition) is 3. The Balaban J connectivity index is 1.61. The van der Waals surface area contributed by atoms with Gasteiger partial charge in [-0.3, -0.25) is 14.8 Å². The average Bonchev–Trinajstić information content (AvgIpc) is 2.66. The first kappa shape index (κ1) is 15.6. The lowest BCUT2D eigenvalue weighted by Gasteiger charge is -2.05. The molecule has 4 heteroatoms. The fraction of sp³-hybridized carbons (Fsp3) is 0.0500. The maximum atomic E-state index is 11.9. The monoisotopic (exact) mass is 315 g/mol. The zero-order valence-electron chi connectivity index (χ0n) is 13.1. The quantitative estimate of drug-likeness (QED) is 0.733. The van der Waals surface area contributed by atoms with E-state index in [9.17, 15) is 4.79 Å². The van der Waals surface area contributed by atoms with E-state index in [0.29, 0.717) is 6.54 Å². The fourth-order valence-electron chi connectivity index (χ4n) is 2.24. The summed E-state index contributed by atoms with van der Waals surface area (Å²) in [6.07, 6.45) is 8.57. The topological polar surface area (TPSA) is 54.9 Å². The Labute approximate surface area is 140 Å². The van der Waals surface area contributed by atoms with Crippen molar-refractivity contribution >= 4 is 12.0 Å². The van der Waals surface area contributed by atoms with Gasteiger partial charge in [-0.2, -0.15) is 0 Å². The first-order chi connectivity index (χ1) is 11.8. The van der Waals surface area contributed by atoms with Gasteiger partial charge >= 0.3 is 0 Å². The molecular weight excluding hydrogens is 298 g/mol. The van der Waals surface area contributed by atoms with Crippen LogP contribution >= 0.6 is 0 Å². The minimum absolute atomic E-state index is 0.126. The van der Waals surface area contributed by atoms with Gasteiger partial charge in [-0.15, -0.1) is 0 Å². The van der Waals surface area contributed by atoms with Crippen molar-refractivity contribution in [3.05, 3.63) is 90.4 Å². The van der Waals surface area contributed by atoms with Crippen molar-refractivity contribution < 1.29 is 4.79 Å². The van der Waals surface area contributed by atoms with Crippen LogP contribution in [0, 0.1) is 0 Å². The molecule has 24 heavy (non-hydrogen) atoms. The van der Waals surface area contributed by atoms with E-state index in [1.54, 1.807) is 30.7 Å². The number of rotatable bonds is 5. The lowest BCUT2D eigenvalue weighted by molar-refractivity contribution is -0.116. The summed E-state index contributed by atoms with van der Waals surface area (Å²) in [6, 6.07) is 17.4. The number of benzene rings is 1. The van der Waals surface area contributed by atoms with Gasteiger partial charge in [-0.1, -0.05) is 30.3 Å². The van der Waals surface area contributed by atoms with Crippen molar-refractivity contribution in [2.45, 2.75) is 6.54 Å². The molecule has 2 heterocycles. The van der Waals surface area contributed by atoms with Gasteiger partial charge in [0.2, 0.25) is 5.91 Å². The standard InChI is InChI=1S/C20H17N3O/c24-20(9-8-16-5-2-1-3-6-16)23-14-17-10-12-22-19(13-17)18-7-4-11-21-15-18/h1-13,15H,14H2,(H,23,24)/b9-8+. The molecule has 0 aliphatic rings. The SMILES string of the molecule is O=C(/C=C/c1ccccc1)NCc1ccnc(-c2cccnc2)c1. The number of carbonyl (C=O) groups is 1. The summed E-state index contributed by atoms with van der Waals surface area (Å²) in [5.74, 6) is -0.126. The average molecular weight is 315 g/mol. The van der Waals surface area contributed by atoms with E-state index >= 15 is 0 Å². The fourth-order valence-corrected chi connectivity index (χ4v) is 2.24. The third-order valence-electron chi connectivity index (χ3n) is 3.48. The minimum atomic E-state index is -0.126. The highest BCUT2D eigenvalue weighted by molar-refractivity contribution is 5.91. The van der Waals surface area contributed by atoms with Gasteiger partial charge < -0.3 is 5.32 Å². The molecule has 0 bridgehead atoms. The zero-order chi connectivity index (χ0) is 16.6. The molecule has 118 valence electrons. The molecule has 3 rings (SSSR count). The van der Waals surface area contributed by atoms with Gasteiger partial charge in [0, 0.05) is 36.8 Å². The van der Waals surface area contributed by atoms with Crippen LogP contribution < -0.4 is 5.32 Å². The van der Waals surface area contributed by atoms with Gasteiger partial charge in [-0.05, 0) is 41.5 Å². The maximum absolute atomic E-state index is 11.9. The van der Waals surface area contributed by atoms with Crippen LogP contribution in [0.3, 0.4) is 0 Å². The highest BCUT2D eigenvalue weighted by Gasteiger charge is 2.02. The molecule has 0 radical (unpaired) electrons. The molecule has 1 N–H and O–H groups in total. The Morgan fingerprint density at radius 1 is 1.04 bits per heavy atom. The molecule has 0 fully saturated rings. The molecular formula is C20H17N3O. The van der Waals surface area contributed by atoms with Crippen LogP contribution in [0.5, 0.6) is 0 Å². The summed E-state index contributed by atoms with van der Waals surface area (Å²) >= 11 is 0. The lowest BCUT2D eigenvalue weighted by atomic mass is 10.1. The van der Waals surface area contributed by atoms with Crippen LogP contribution in [0.25, 0.3) is 17.3 Å². The third-order valence-corrected chi connectivity index (χ3v) is 3.48. The van der Waals surface area contributed by atoms with E-state index in [4.69, 9.17) is 0 Å². The van der Waals surface area contributed by atoms with Gasteiger partial charge in [0.25, 0.3) is 0 Å². The summed E-state index contributed by atoms with van der Waals surface area (Å²) in [7, 11) is 0. The van der Waals surface area contributed by atoms with Crippen LogP contribution in [-0.4, -0.2) is 15.9 Å². The smallest absolute Gasteiger partial charge is 0.244 e. The van der Waals surface area contributed by atoms with E-state index in [2.05, 4.69) is 15.3 Å². The van der Waals surface area contributed by atoms with Crippen molar-refractivity contribution in [3.63, 3.8) is 0 Å². The summed E-state index contributed by atoms with van der Waals surface area (Å²) in [6.45, 7) is 0.452. The van der Waals surface area contributed by atoms with Gasteiger partial charge in [0.05, 0.1) is 5.69 Å². The molecule has 0 aliphatic heterocycles. The molecule has 0 aliphatic carbocycles. The van der Waals surface area contributed by atoms with E-state index in [1.807, 2.05) is 54.6 Å². The number of aromatic nitrogens is 2. The molecule has 0 saturated carbocycles. The van der Waals surface area contributed by atoms with Crippen LogP contribution in [0.4, 0.5) is 0 Å². The highest BCUT2D eigenvalue weighted by atomic mass is 16.1. The predicted molar refractivity (Wildman–Crippen MR) is 94.8 cm³/mol. The van der Waals surface area contributed by atoms with Crippen LogP contribution in [0.1, 0.15) is 11.1 Å². The van der Waals surface area contributed by atoms with E-state index < -0.39 is 0 Å². The van der Waals surface area contributed by atoms with Crippen molar-refractivity contribution in [2.75, 3.05) is 0 Å². The first-order valence-corrected chi connectivity index (χ1v) is 7.67. The lowest BCUT2D eigenvalue weighted by Crippen LogP contribution is -2.20. The number of nitrogens with one attached hydrogen (secondary N) is 1. The van der Waals surface area contributed by atoms with E-state index in [0.717, 1.165) is 22.4 Å². The Morgan fingerprint density at radius 3 is 2.71 bits per heavy atom. The molecule has 4 nitrogen and oxygen atoms in total. The van der Waals surface area contributed by atoms with Crippen LogP contribution in [0.2, 0.25) is 0 Å². The number of pyridine rings is 2. The van der Waals surface area contributed by atoms with Crippen LogP contribution in [-0.2, 0) is 11.3 Å². The molecule has 0 saturated heterocycles. The number of carbonyl (C=O) groups excluding carboxylic acids is 1. The second-order valence-electron chi connectivity index (χ2n) is 5.25. The Kier molecular flexibility index (Phi) is 5.10. The largest absolute Gasteiger partial charge is 0.348 e. The molecule has 0 atom stereocenters. The molecule has 0 spiro atoms. The summed E-state index contributed by atoms with van der Waals surface area (Å²) in [5, 5.41) is 2.88. The number of amides is 1. The van der Waals surface area contributed by atoms with Gasteiger partial charge in [0.1, 0.15) is 0 Å². The van der Waals surface area contributed by atoms with E-state index in [-0.39, 0.29) is 5.91 Å². The Hall–Kier alpha value is -3.27. The Bertz CT molecular complexity index is 830. The number of nitrogens with zero attached hydrogens (tertiary/aromatic N) is 2. The Morgan fingerprint density at radius 2 is 1.92 bits per heavy atom. The summed E-state index contributed by atoms with van der Waals surface area (Å²) < 4.78 is 0. The molecule has 2 aromatic heterocycles. The van der Waals surface area contributed by atoms with Crippen molar-refractivity contribution in [1.82, 2.24) is 15.3 Å². The van der Waals surface area contributed by atoms with Crippen molar-refractivity contribution in [1.29, 1.82) is 0 Å². The number of hydrogen-bond donors (Lipinski definition) is 1. The highest BCUT2D eigenvalue weighted by Crippen LogP contribution is 2.16. The molecule has 1 aromatic carbocycles. The van der Waals surface area contributed by atoms with Gasteiger partial charge in [0.15, 0.2) is 0 Å². The molecule has 1 amide bonds. The second kappa shape index (κ2) is 7.83. The summed E-state index contributed by atoms with van der Waals surface area (Å²) in [4.78, 5) is 20.4. The second-order valence-corrected chi connectivity index (χ2v) is 5.25. The third kappa shape index (κ3) is 4.36. The van der Waals surface area contributed by atoms with Crippen molar-refractivity contribution in [3.8, 4) is 11.3 Å². The zero-order valence-corrected chi connectivity index (χ0v) is 13.1. The summed E-state index contributed by atoms with van der Waals surface area (Å²) in [5.41, 5.74) is 3.78.